The molecule has 0 unspecified atom stereocenters. The van der Waals surface area contributed by atoms with Crippen LogP contribution in [0.4, 0.5) is 0 Å². The second kappa shape index (κ2) is 11.7. The van der Waals surface area contributed by atoms with Crippen molar-refractivity contribution in [2.75, 3.05) is 0 Å². The van der Waals surface area contributed by atoms with Crippen molar-refractivity contribution in [3.63, 3.8) is 0 Å². The van der Waals surface area contributed by atoms with Crippen LogP contribution in [0.2, 0.25) is 0 Å². The van der Waals surface area contributed by atoms with Gasteiger partial charge in [-0.05, 0) is 64.6 Å². The molecule has 4 aromatic heterocycles. The molecule has 0 atom stereocenters. The fraction of sp³-hybridized carbons (Fsp3) is 0.111. The first kappa shape index (κ1) is 29.9. The first-order valence-electron chi connectivity index (χ1n) is 16.9. The Morgan fingerprint density at radius 2 is 1.34 bits per heavy atom. The number of pyridine rings is 2. The quantitative estimate of drug-likeness (QED) is 0.179. The summed E-state index contributed by atoms with van der Waals surface area (Å²) in [6.07, 6.45) is 0.953. The first-order chi connectivity index (χ1) is 24.3. The van der Waals surface area contributed by atoms with Gasteiger partial charge in [0.15, 0.2) is 0 Å². The molecule has 0 amide bonds. The molecule has 50 heavy (non-hydrogen) atoms. The SMILES string of the molecule is CC(C)(C)Cc1ccc2c(c1)oc1c(-c3cc(-c4cc5ccccc5o4)cc(Oc4cccc(-c5ccccc5)n4)n3)cc3ccccc3c12. The summed E-state index contributed by atoms with van der Waals surface area (Å²) in [7, 11) is 0. The van der Waals surface area contributed by atoms with E-state index in [9.17, 15) is 0 Å². The predicted octanol–water partition coefficient (Wildman–Crippen LogP) is 12.7. The zero-order valence-corrected chi connectivity index (χ0v) is 28.1. The molecule has 0 aliphatic rings. The van der Waals surface area contributed by atoms with E-state index in [0.29, 0.717) is 17.5 Å². The van der Waals surface area contributed by atoms with Gasteiger partial charge in [0, 0.05) is 45.0 Å². The number of benzene rings is 5. The predicted molar refractivity (Wildman–Crippen MR) is 203 cm³/mol. The molecule has 4 heterocycles. The highest BCUT2D eigenvalue weighted by atomic mass is 16.5. The third-order valence-corrected chi connectivity index (χ3v) is 9.05. The summed E-state index contributed by atoms with van der Waals surface area (Å²) < 4.78 is 19.6. The van der Waals surface area contributed by atoms with Crippen molar-refractivity contribution >= 4 is 43.7 Å². The van der Waals surface area contributed by atoms with Crippen molar-refractivity contribution in [1.29, 1.82) is 0 Å². The summed E-state index contributed by atoms with van der Waals surface area (Å²) in [6.45, 7) is 6.78. The van der Waals surface area contributed by atoms with Crippen LogP contribution in [0.15, 0.2) is 148 Å². The van der Waals surface area contributed by atoms with E-state index >= 15 is 0 Å². The van der Waals surface area contributed by atoms with E-state index in [2.05, 4.69) is 87.5 Å². The van der Waals surface area contributed by atoms with Gasteiger partial charge in [-0.25, -0.2) is 9.97 Å². The maximum absolute atomic E-state index is 6.80. The van der Waals surface area contributed by atoms with Crippen LogP contribution in [0.25, 0.3) is 77.5 Å². The van der Waals surface area contributed by atoms with Gasteiger partial charge in [0.2, 0.25) is 11.8 Å². The van der Waals surface area contributed by atoms with E-state index in [1.165, 1.54) is 5.56 Å². The number of para-hydroxylation sites is 1. The molecule has 0 N–H and O–H groups in total. The molecular formula is C45H34N2O3. The summed E-state index contributed by atoms with van der Waals surface area (Å²) in [6, 6.07) is 47.1. The molecule has 242 valence electrons. The molecule has 9 aromatic rings. The number of hydrogen-bond donors (Lipinski definition) is 0. The van der Waals surface area contributed by atoms with Crippen LogP contribution in [0.1, 0.15) is 26.3 Å². The number of furan rings is 2. The molecule has 5 aromatic carbocycles. The fourth-order valence-electron chi connectivity index (χ4n) is 6.89. The lowest BCUT2D eigenvalue weighted by atomic mass is 9.88. The van der Waals surface area contributed by atoms with Crippen molar-refractivity contribution in [1.82, 2.24) is 9.97 Å². The maximum Gasteiger partial charge on any atom is 0.222 e. The van der Waals surface area contributed by atoms with Crippen molar-refractivity contribution in [3.8, 4) is 45.6 Å². The fourth-order valence-corrected chi connectivity index (χ4v) is 6.89. The van der Waals surface area contributed by atoms with Crippen molar-refractivity contribution in [3.05, 3.63) is 145 Å². The Bertz CT molecular complexity index is 2660. The smallest absolute Gasteiger partial charge is 0.222 e. The number of rotatable bonds is 6. The molecule has 0 aliphatic heterocycles. The van der Waals surface area contributed by atoms with Crippen LogP contribution in [0, 0.1) is 5.41 Å². The van der Waals surface area contributed by atoms with Crippen LogP contribution < -0.4 is 4.74 Å². The highest BCUT2D eigenvalue weighted by molar-refractivity contribution is 6.22. The largest absolute Gasteiger partial charge is 0.456 e. The van der Waals surface area contributed by atoms with Crippen LogP contribution in [0.3, 0.4) is 0 Å². The van der Waals surface area contributed by atoms with E-state index in [-0.39, 0.29) is 5.41 Å². The highest BCUT2D eigenvalue weighted by Gasteiger charge is 2.21. The van der Waals surface area contributed by atoms with Gasteiger partial charge in [-0.1, -0.05) is 112 Å². The zero-order chi connectivity index (χ0) is 33.8. The molecule has 9 rings (SSSR count). The molecule has 0 fully saturated rings. The van der Waals surface area contributed by atoms with Gasteiger partial charge in [0.25, 0.3) is 0 Å². The Kier molecular flexibility index (Phi) is 7.02. The standard InChI is InChI=1S/C45H34N2O3/c1-45(2,3)27-28-20-21-34-40(22-28)49-44-35(23-30-14-7-9-16-33(30)43(34)44)37-24-32(39-25-31-15-8-10-18-38(31)48-39)26-42(47-37)50-41-19-11-17-36(46-41)29-12-5-4-6-13-29/h4-26H,27H2,1-3H3. The average Bonchev–Trinajstić information content (AvgIpc) is 3.73. The minimum atomic E-state index is 0.157. The third-order valence-electron chi connectivity index (χ3n) is 9.05. The van der Waals surface area contributed by atoms with Gasteiger partial charge in [-0.2, -0.15) is 0 Å². The van der Waals surface area contributed by atoms with E-state index < -0.39 is 0 Å². The zero-order valence-electron chi connectivity index (χ0n) is 28.1. The third kappa shape index (κ3) is 5.57. The number of ether oxygens (including phenoxy) is 1. The molecule has 0 aliphatic carbocycles. The van der Waals surface area contributed by atoms with E-state index in [0.717, 1.165) is 78.2 Å². The van der Waals surface area contributed by atoms with E-state index in [1.54, 1.807) is 0 Å². The Balaban J connectivity index is 1.25. The molecule has 5 heteroatoms. The Morgan fingerprint density at radius 1 is 0.560 bits per heavy atom. The second-order valence-corrected chi connectivity index (χ2v) is 14.1. The molecule has 5 nitrogen and oxygen atoms in total. The Morgan fingerprint density at radius 3 is 2.18 bits per heavy atom. The van der Waals surface area contributed by atoms with E-state index in [1.807, 2.05) is 72.8 Å². The lowest BCUT2D eigenvalue weighted by molar-refractivity contribution is 0.411. The number of aromatic nitrogens is 2. The van der Waals surface area contributed by atoms with Gasteiger partial charge in [0.1, 0.15) is 22.5 Å². The molecular weight excluding hydrogens is 617 g/mol. The minimum absolute atomic E-state index is 0.157. The summed E-state index contributed by atoms with van der Waals surface area (Å²) in [5.74, 6) is 1.57. The van der Waals surface area contributed by atoms with Crippen LogP contribution in [0.5, 0.6) is 11.8 Å². The van der Waals surface area contributed by atoms with Gasteiger partial charge in [-0.15, -0.1) is 0 Å². The summed E-state index contributed by atoms with van der Waals surface area (Å²) in [5.41, 5.74) is 8.14. The van der Waals surface area contributed by atoms with Gasteiger partial charge in [-0.3, -0.25) is 0 Å². The molecule has 0 radical (unpaired) electrons. The highest BCUT2D eigenvalue weighted by Crippen LogP contribution is 2.43. The summed E-state index contributed by atoms with van der Waals surface area (Å²) >= 11 is 0. The Hall–Kier alpha value is -6.20. The van der Waals surface area contributed by atoms with Crippen molar-refractivity contribution in [2.24, 2.45) is 5.41 Å². The Labute approximate surface area is 289 Å². The first-order valence-corrected chi connectivity index (χ1v) is 16.9. The summed E-state index contributed by atoms with van der Waals surface area (Å²) in [5, 5.41) is 5.43. The normalized spacial score (nSPS) is 12.0. The number of nitrogens with zero attached hydrogens (tertiary/aromatic N) is 2. The minimum Gasteiger partial charge on any atom is -0.456 e. The number of hydrogen-bond acceptors (Lipinski definition) is 5. The van der Waals surface area contributed by atoms with Crippen LogP contribution in [-0.2, 0) is 6.42 Å². The second-order valence-electron chi connectivity index (χ2n) is 14.1. The van der Waals surface area contributed by atoms with Gasteiger partial charge in [0.05, 0.1) is 11.4 Å². The van der Waals surface area contributed by atoms with Crippen molar-refractivity contribution in [2.45, 2.75) is 27.2 Å². The average molecular weight is 651 g/mol. The summed E-state index contributed by atoms with van der Waals surface area (Å²) in [4.78, 5) is 9.94. The van der Waals surface area contributed by atoms with E-state index in [4.69, 9.17) is 23.5 Å². The van der Waals surface area contributed by atoms with Gasteiger partial charge < -0.3 is 13.6 Å². The maximum atomic E-state index is 6.80. The van der Waals surface area contributed by atoms with Crippen LogP contribution in [-0.4, -0.2) is 9.97 Å². The number of fused-ring (bicyclic) bond motifs is 6. The van der Waals surface area contributed by atoms with Crippen molar-refractivity contribution < 1.29 is 13.6 Å². The molecule has 0 saturated heterocycles. The lowest BCUT2D eigenvalue weighted by Crippen LogP contribution is -2.08. The van der Waals surface area contributed by atoms with Gasteiger partial charge >= 0.3 is 0 Å². The molecule has 0 saturated carbocycles. The topological polar surface area (TPSA) is 61.3 Å². The monoisotopic (exact) mass is 650 g/mol. The molecule has 0 bridgehead atoms. The lowest BCUT2D eigenvalue weighted by Gasteiger charge is -2.17. The van der Waals surface area contributed by atoms with Crippen LogP contribution >= 0.6 is 0 Å². The molecule has 0 spiro atoms.